The molecule has 6 heteroatoms. The molecule has 98 valence electrons. The lowest BCUT2D eigenvalue weighted by atomic mass is 10.2. The van der Waals surface area contributed by atoms with Gasteiger partial charge in [0.05, 0.1) is 13.2 Å². The van der Waals surface area contributed by atoms with Crippen molar-refractivity contribution < 1.29 is 24.5 Å². The summed E-state index contributed by atoms with van der Waals surface area (Å²) in [5.41, 5.74) is 0.957. The van der Waals surface area contributed by atoms with Gasteiger partial charge in [0.2, 0.25) is 5.91 Å². The molecular weight excluding hydrogens is 238 g/mol. The van der Waals surface area contributed by atoms with Crippen LogP contribution in [0.4, 0.5) is 5.69 Å². The Balaban J connectivity index is 2.79. The van der Waals surface area contributed by atoms with E-state index in [-0.39, 0.29) is 6.61 Å². The molecule has 0 spiro atoms. The number of hydrogen-bond donors (Lipinski definition) is 3. The van der Waals surface area contributed by atoms with Gasteiger partial charge in [0.1, 0.15) is 12.2 Å². The van der Waals surface area contributed by atoms with Crippen molar-refractivity contribution in [1.82, 2.24) is 0 Å². The zero-order chi connectivity index (χ0) is 13.5. The maximum absolute atomic E-state index is 11.2. The van der Waals surface area contributed by atoms with E-state index in [1.165, 1.54) is 0 Å². The quantitative estimate of drug-likeness (QED) is 0.657. The van der Waals surface area contributed by atoms with Crippen molar-refractivity contribution in [3.63, 3.8) is 0 Å². The van der Waals surface area contributed by atoms with Gasteiger partial charge in [-0.1, -0.05) is 0 Å². The van der Waals surface area contributed by atoms with Crippen molar-refractivity contribution in [2.75, 3.05) is 11.9 Å². The molecule has 1 rings (SSSR count). The number of aliphatic hydroxyl groups is 1. The molecule has 0 heterocycles. The summed E-state index contributed by atoms with van der Waals surface area (Å²) in [4.78, 5) is 21.6. The molecule has 1 amide bonds. The third kappa shape index (κ3) is 4.06. The van der Waals surface area contributed by atoms with E-state index < -0.39 is 18.3 Å². The first-order valence-electron chi connectivity index (χ1n) is 5.45. The van der Waals surface area contributed by atoms with Crippen LogP contribution in [0.25, 0.3) is 0 Å². The van der Waals surface area contributed by atoms with Crippen LogP contribution >= 0.6 is 0 Å². The van der Waals surface area contributed by atoms with Gasteiger partial charge in [-0.05, 0) is 25.1 Å². The summed E-state index contributed by atoms with van der Waals surface area (Å²) in [5.74, 6) is -1.27. The summed E-state index contributed by atoms with van der Waals surface area (Å²) < 4.78 is 5.29. The van der Waals surface area contributed by atoms with Crippen LogP contribution in [0.1, 0.15) is 18.9 Å². The predicted octanol–water partition coefficient (Wildman–Crippen LogP) is 0.991. The Morgan fingerprint density at radius 2 is 2.11 bits per heavy atom. The van der Waals surface area contributed by atoms with Crippen LogP contribution in [0.15, 0.2) is 18.2 Å². The van der Waals surface area contributed by atoms with Gasteiger partial charge in [0, 0.05) is 11.3 Å². The molecule has 0 bridgehead atoms. The molecule has 0 aliphatic carbocycles. The number of benzene rings is 1. The van der Waals surface area contributed by atoms with Crippen LogP contribution < -0.4 is 10.1 Å². The van der Waals surface area contributed by atoms with Gasteiger partial charge in [-0.2, -0.15) is 0 Å². The van der Waals surface area contributed by atoms with Crippen LogP contribution in [0, 0.1) is 0 Å². The minimum atomic E-state index is -1.19. The van der Waals surface area contributed by atoms with E-state index in [0.29, 0.717) is 23.6 Å². The number of aliphatic hydroxyl groups excluding tert-OH is 1. The monoisotopic (exact) mass is 253 g/mol. The highest BCUT2D eigenvalue weighted by atomic mass is 16.5. The Kier molecular flexibility index (Phi) is 5.13. The second kappa shape index (κ2) is 6.61. The van der Waals surface area contributed by atoms with Gasteiger partial charge in [-0.15, -0.1) is 0 Å². The van der Waals surface area contributed by atoms with Gasteiger partial charge in [-0.25, -0.2) is 0 Å². The Hall–Kier alpha value is -2.08. The second-order valence-electron chi connectivity index (χ2n) is 3.53. The third-order valence-corrected chi connectivity index (χ3v) is 2.13. The highest BCUT2D eigenvalue weighted by molar-refractivity contribution is 6.01. The van der Waals surface area contributed by atoms with Crippen molar-refractivity contribution in [2.45, 2.75) is 20.0 Å². The second-order valence-corrected chi connectivity index (χ2v) is 3.53. The minimum Gasteiger partial charge on any atom is -0.494 e. The van der Waals surface area contributed by atoms with Crippen molar-refractivity contribution in [2.24, 2.45) is 0 Å². The summed E-state index contributed by atoms with van der Waals surface area (Å²) in [6.07, 6.45) is -0.596. The summed E-state index contributed by atoms with van der Waals surface area (Å²) in [6.45, 7) is 2.07. The van der Waals surface area contributed by atoms with Crippen molar-refractivity contribution in [1.29, 1.82) is 0 Å². The van der Waals surface area contributed by atoms with Gasteiger partial charge in [0.15, 0.2) is 0 Å². The zero-order valence-corrected chi connectivity index (χ0v) is 9.97. The number of carbonyl (C=O) groups is 2. The first-order chi connectivity index (χ1) is 8.56. The number of carboxylic acids is 1. The minimum absolute atomic E-state index is 0.224. The van der Waals surface area contributed by atoms with E-state index in [1.807, 2.05) is 6.92 Å². The molecule has 0 saturated heterocycles. The molecule has 0 aliphatic heterocycles. The van der Waals surface area contributed by atoms with Crippen LogP contribution in [-0.2, 0) is 16.2 Å². The number of nitrogens with one attached hydrogen (secondary N) is 1. The molecule has 6 nitrogen and oxygen atoms in total. The van der Waals surface area contributed by atoms with E-state index in [0.717, 1.165) is 0 Å². The molecule has 1 aromatic rings. The number of aliphatic carboxylic acids is 1. The lowest BCUT2D eigenvalue weighted by molar-refractivity contribution is -0.139. The Labute approximate surface area is 104 Å². The van der Waals surface area contributed by atoms with Gasteiger partial charge in [0.25, 0.3) is 0 Å². The fraction of sp³-hybridized carbons (Fsp3) is 0.333. The standard InChI is InChI=1S/C12H15NO5/c1-2-18-10-4-3-9(5-8(10)7-14)13-11(15)6-12(16)17/h3-5,14H,2,6-7H2,1H3,(H,13,15)(H,16,17). The lowest BCUT2D eigenvalue weighted by Gasteiger charge is -2.10. The molecule has 3 N–H and O–H groups in total. The summed E-state index contributed by atoms with van der Waals surface area (Å²) >= 11 is 0. The zero-order valence-electron chi connectivity index (χ0n) is 9.97. The van der Waals surface area contributed by atoms with Crippen molar-refractivity contribution >= 4 is 17.6 Å². The molecule has 0 aliphatic rings. The fourth-order valence-electron chi connectivity index (χ4n) is 1.42. The summed E-state index contributed by atoms with van der Waals surface area (Å²) in [5, 5.41) is 20.0. The van der Waals surface area contributed by atoms with E-state index in [2.05, 4.69) is 5.32 Å². The Bertz CT molecular complexity index is 444. The number of amides is 1. The molecule has 0 radical (unpaired) electrons. The van der Waals surface area contributed by atoms with Crippen molar-refractivity contribution in [3.05, 3.63) is 23.8 Å². The first-order valence-corrected chi connectivity index (χ1v) is 5.45. The number of rotatable bonds is 6. The maximum atomic E-state index is 11.2. The number of carboxylic acid groups (broad SMARTS) is 1. The SMILES string of the molecule is CCOc1ccc(NC(=O)CC(=O)O)cc1CO. The number of hydrogen-bond acceptors (Lipinski definition) is 4. The molecule has 1 aromatic carbocycles. The van der Waals surface area contributed by atoms with Crippen LogP contribution in [0.5, 0.6) is 5.75 Å². The summed E-state index contributed by atoms with van der Waals surface area (Å²) in [7, 11) is 0. The van der Waals surface area contributed by atoms with Crippen LogP contribution in [0.2, 0.25) is 0 Å². The fourth-order valence-corrected chi connectivity index (χ4v) is 1.42. The Morgan fingerprint density at radius 1 is 1.39 bits per heavy atom. The smallest absolute Gasteiger partial charge is 0.312 e. The third-order valence-electron chi connectivity index (χ3n) is 2.13. The molecule has 0 saturated carbocycles. The van der Waals surface area contributed by atoms with Gasteiger partial charge >= 0.3 is 5.97 Å². The molecule has 0 unspecified atom stereocenters. The molecule has 0 atom stereocenters. The van der Waals surface area contributed by atoms with Crippen molar-refractivity contribution in [3.8, 4) is 5.75 Å². The van der Waals surface area contributed by atoms with E-state index in [9.17, 15) is 9.59 Å². The van der Waals surface area contributed by atoms with Crippen LogP contribution in [0.3, 0.4) is 0 Å². The van der Waals surface area contributed by atoms with Gasteiger partial charge < -0.3 is 20.3 Å². The maximum Gasteiger partial charge on any atom is 0.312 e. The number of ether oxygens (including phenoxy) is 1. The Morgan fingerprint density at radius 3 is 2.67 bits per heavy atom. The molecular formula is C12H15NO5. The molecule has 0 aromatic heterocycles. The predicted molar refractivity (Wildman–Crippen MR) is 64.4 cm³/mol. The van der Waals surface area contributed by atoms with Crippen LogP contribution in [-0.4, -0.2) is 28.7 Å². The number of carbonyl (C=O) groups excluding carboxylic acids is 1. The molecule has 0 fully saturated rings. The first kappa shape index (κ1) is 14.0. The van der Waals surface area contributed by atoms with E-state index in [1.54, 1.807) is 18.2 Å². The normalized spacial score (nSPS) is 9.89. The highest BCUT2D eigenvalue weighted by Gasteiger charge is 2.09. The number of anilines is 1. The summed E-state index contributed by atoms with van der Waals surface area (Å²) in [6, 6.07) is 4.75. The van der Waals surface area contributed by atoms with E-state index in [4.69, 9.17) is 14.9 Å². The van der Waals surface area contributed by atoms with E-state index >= 15 is 0 Å². The lowest BCUT2D eigenvalue weighted by Crippen LogP contribution is -2.16. The largest absolute Gasteiger partial charge is 0.494 e. The average Bonchev–Trinajstić information content (AvgIpc) is 2.30. The van der Waals surface area contributed by atoms with Gasteiger partial charge in [-0.3, -0.25) is 9.59 Å². The highest BCUT2D eigenvalue weighted by Crippen LogP contribution is 2.23. The topological polar surface area (TPSA) is 95.9 Å². The average molecular weight is 253 g/mol. The molecule has 18 heavy (non-hydrogen) atoms.